The van der Waals surface area contributed by atoms with Crippen molar-refractivity contribution in [3.8, 4) is 5.40 Å². The van der Waals surface area contributed by atoms with Crippen LogP contribution in [0.4, 0.5) is 11.4 Å². The Morgan fingerprint density at radius 1 is 1.04 bits per heavy atom. The summed E-state index contributed by atoms with van der Waals surface area (Å²) in [6.07, 6.45) is 0. The van der Waals surface area contributed by atoms with Crippen molar-refractivity contribution in [2.75, 3.05) is 10.6 Å². The Morgan fingerprint density at radius 3 is 2.17 bits per heavy atom. The zero-order valence-corrected chi connectivity index (χ0v) is 13.7. The number of hydrogen-bond donors (Lipinski definition) is 2. The molecular weight excluding hydrogens is 334 g/mol. The van der Waals surface area contributed by atoms with E-state index in [-0.39, 0.29) is 0 Å². The zero-order valence-electron chi connectivity index (χ0n) is 12.1. The number of thioether (sulfide) groups is 1. The van der Waals surface area contributed by atoms with E-state index in [0.29, 0.717) is 16.4 Å². The fourth-order valence-electron chi connectivity index (χ4n) is 1.71. The Balaban J connectivity index is 1.98. The van der Waals surface area contributed by atoms with Gasteiger partial charge in [0.15, 0.2) is 0 Å². The summed E-state index contributed by atoms with van der Waals surface area (Å²) < 4.78 is 0. The number of aryl methyl sites for hydroxylation is 1. The van der Waals surface area contributed by atoms with E-state index in [0.717, 1.165) is 22.2 Å². The smallest absolute Gasteiger partial charge is 0.314 e. The Kier molecular flexibility index (Phi) is 5.63. The summed E-state index contributed by atoms with van der Waals surface area (Å²) in [5.41, 5.74) is 1.79. The van der Waals surface area contributed by atoms with Crippen LogP contribution in [-0.2, 0) is 9.59 Å². The number of nitrogens with zero attached hydrogens (tertiary/aromatic N) is 1. The molecule has 0 spiro atoms. The van der Waals surface area contributed by atoms with Crippen LogP contribution >= 0.6 is 23.4 Å². The second kappa shape index (κ2) is 7.68. The maximum Gasteiger partial charge on any atom is 0.314 e. The van der Waals surface area contributed by atoms with Gasteiger partial charge < -0.3 is 10.6 Å². The highest BCUT2D eigenvalue weighted by Crippen LogP contribution is 2.20. The van der Waals surface area contributed by atoms with Crippen molar-refractivity contribution in [2.45, 2.75) is 11.8 Å². The first-order valence-electron chi connectivity index (χ1n) is 6.54. The molecule has 5 nitrogen and oxygen atoms in total. The molecular formula is C16H12ClN3O2S. The predicted octanol–water partition coefficient (Wildman–Crippen LogP) is 3.80. The zero-order chi connectivity index (χ0) is 16.8. The number of carbonyl (C=O) groups is 2. The highest BCUT2D eigenvalue weighted by Gasteiger charge is 2.14. The maximum absolute atomic E-state index is 11.9. The van der Waals surface area contributed by atoms with Crippen molar-refractivity contribution in [3.05, 3.63) is 53.1 Å². The molecule has 0 radical (unpaired) electrons. The summed E-state index contributed by atoms with van der Waals surface area (Å²) in [5, 5.41) is 16.0. The van der Waals surface area contributed by atoms with Crippen molar-refractivity contribution in [3.63, 3.8) is 0 Å². The van der Waals surface area contributed by atoms with Gasteiger partial charge in [-0.05, 0) is 60.6 Å². The summed E-state index contributed by atoms with van der Waals surface area (Å²) in [4.78, 5) is 24.5. The Labute approximate surface area is 142 Å². The summed E-state index contributed by atoms with van der Waals surface area (Å²) >= 11 is 6.98. The predicted molar refractivity (Wildman–Crippen MR) is 91.4 cm³/mol. The lowest BCUT2D eigenvalue weighted by molar-refractivity contribution is -0.132. The van der Waals surface area contributed by atoms with Gasteiger partial charge >= 0.3 is 11.8 Å². The van der Waals surface area contributed by atoms with Crippen LogP contribution < -0.4 is 10.6 Å². The number of rotatable bonds is 3. The van der Waals surface area contributed by atoms with Gasteiger partial charge in [-0.2, -0.15) is 5.26 Å². The quantitative estimate of drug-likeness (QED) is 0.503. The number of benzene rings is 2. The van der Waals surface area contributed by atoms with Gasteiger partial charge in [-0.15, -0.1) is 0 Å². The number of carbonyl (C=O) groups excluding carboxylic acids is 2. The van der Waals surface area contributed by atoms with Crippen LogP contribution in [0.3, 0.4) is 0 Å². The van der Waals surface area contributed by atoms with E-state index >= 15 is 0 Å². The van der Waals surface area contributed by atoms with Crippen molar-refractivity contribution in [1.82, 2.24) is 0 Å². The second-order valence-electron chi connectivity index (χ2n) is 4.59. The normalized spacial score (nSPS) is 9.78. The summed E-state index contributed by atoms with van der Waals surface area (Å²) in [6, 6.07) is 11.6. The molecule has 0 aliphatic rings. The first-order valence-corrected chi connectivity index (χ1v) is 7.73. The molecule has 0 heterocycles. The first-order chi connectivity index (χ1) is 11.0. The number of amides is 2. The summed E-state index contributed by atoms with van der Waals surface area (Å²) in [5.74, 6) is -1.58. The molecule has 0 bridgehead atoms. The molecule has 0 saturated heterocycles. The Morgan fingerprint density at radius 2 is 1.61 bits per heavy atom. The number of hydrogen-bond acceptors (Lipinski definition) is 4. The number of halogens is 1. The van der Waals surface area contributed by atoms with Gasteiger partial charge in [-0.25, -0.2) is 0 Å². The SMILES string of the molecule is Cc1ccc(NC(=O)C(=O)Nc2ccc(SC#N)cc2)cc1Cl. The lowest BCUT2D eigenvalue weighted by Crippen LogP contribution is -2.29. The summed E-state index contributed by atoms with van der Waals surface area (Å²) in [7, 11) is 0. The molecule has 0 aromatic heterocycles. The van der Waals surface area contributed by atoms with Crippen LogP contribution in [-0.4, -0.2) is 11.8 Å². The highest BCUT2D eigenvalue weighted by molar-refractivity contribution is 8.03. The molecule has 2 N–H and O–H groups in total. The van der Waals surface area contributed by atoms with Crippen LogP contribution in [0.5, 0.6) is 0 Å². The van der Waals surface area contributed by atoms with Gasteiger partial charge in [0.2, 0.25) is 0 Å². The van der Waals surface area contributed by atoms with Gasteiger partial charge in [-0.3, -0.25) is 9.59 Å². The third-order valence-electron chi connectivity index (χ3n) is 2.91. The maximum atomic E-state index is 11.9. The van der Waals surface area contributed by atoms with Crippen molar-refractivity contribution >= 4 is 46.6 Å². The summed E-state index contributed by atoms with van der Waals surface area (Å²) in [6.45, 7) is 1.84. The van der Waals surface area contributed by atoms with E-state index in [1.54, 1.807) is 42.5 Å². The van der Waals surface area contributed by atoms with Crippen LogP contribution in [0.15, 0.2) is 47.4 Å². The number of anilines is 2. The molecule has 116 valence electrons. The Bertz CT molecular complexity index is 785. The van der Waals surface area contributed by atoms with E-state index in [2.05, 4.69) is 10.6 Å². The average molecular weight is 346 g/mol. The molecule has 0 aliphatic carbocycles. The third kappa shape index (κ3) is 4.74. The Hall–Kier alpha value is -2.49. The standard InChI is InChI=1S/C16H12ClN3O2S/c1-10-2-3-12(8-14(10)17)20-16(22)15(21)19-11-4-6-13(7-5-11)23-9-18/h2-8H,1H3,(H,19,21)(H,20,22). The molecule has 0 atom stereocenters. The van der Waals surface area contributed by atoms with Gasteiger partial charge in [0.25, 0.3) is 0 Å². The highest BCUT2D eigenvalue weighted by atomic mass is 35.5. The van der Waals surface area contributed by atoms with E-state index in [1.165, 1.54) is 0 Å². The van der Waals surface area contributed by atoms with Crippen LogP contribution in [0.25, 0.3) is 0 Å². The van der Waals surface area contributed by atoms with E-state index in [4.69, 9.17) is 16.9 Å². The minimum Gasteiger partial charge on any atom is -0.318 e. The van der Waals surface area contributed by atoms with Gasteiger partial charge in [0.1, 0.15) is 5.40 Å². The van der Waals surface area contributed by atoms with Crippen molar-refractivity contribution in [2.24, 2.45) is 0 Å². The molecule has 0 unspecified atom stereocenters. The lowest BCUT2D eigenvalue weighted by Gasteiger charge is -2.08. The topological polar surface area (TPSA) is 82.0 Å². The molecule has 2 amide bonds. The molecule has 23 heavy (non-hydrogen) atoms. The van der Waals surface area contributed by atoms with Gasteiger partial charge in [-0.1, -0.05) is 17.7 Å². The van der Waals surface area contributed by atoms with Crippen LogP contribution in [0, 0.1) is 17.6 Å². The fourth-order valence-corrected chi connectivity index (χ4v) is 2.26. The molecule has 7 heteroatoms. The van der Waals surface area contributed by atoms with E-state index in [9.17, 15) is 9.59 Å². The largest absolute Gasteiger partial charge is 0.318 e. The molecule has 2 aromatic rings. The number of nitrogens with one attached hydrogen (secondary N) is 2. The van der Waals surface area contributed by atoms with Gasteiger partial charge in [0, 0.05) is 21.3 Å². The lowest BCUT2D eigenvalue weighted by atomic mass is 10.2. The number of thiocyanates is 1. The molecule has 2 aromatic carbocycles. The molecule has 0 saturated carbocycles. The van der Waals surface area contributed by atoms with Gasteiger partial charge in [0.05, 0.1) is 0 Å². The van der Waals surface area contributed by atoms with Crippen LogP contribution in [0.1, 0.15) is 5.56 Å². The minimum atomic E-state index is -0.791. The second-order valence-corrected chi connectivity index (χ2v) is 5.86. The monoisotopic (exact) mass is 345 g/mol. The molecule has 0 aliphatic heterocycles. The molecule has 0 fully saturated rings. The van der Waals surface area contributed by atoms with Crippen molar-refractivity contribution in [1.29, 1.82) is 5.26 Å². The fraction of sp³-hybridized carbons (Fsp3) is 0.0625. The number of nitriles is 1. The van der Waals surface area contributed by atoms with E-state index < -0.39 is 11.8 Å². The van der Waals surface area contributed by atoms with Crippen LogP contribution in [0.2, 0.25) is 5.02 Å². The van der Waals surface area contributed by atoms with Crippen molar-refractivity contribution < 1.29 is 9.59 Å². The van der Waals surface area contributed by atoms with E-state index in [1.807, 2.05) is 12.3 Å². The minimum absolute atomic E-state index is 0.446. The third-order valence-corrected chi connectivity index (χ3v) is 3.92. The molecule has 2 rings (SSSR count). The first kappa shape index (κ1) is 16.9. The average Bonchev–Trinajstić information content (AvgIpc) is 2.53.